The molecular weight excluding hydrogens is 404 g/mol. The van der Waals surface area contributed by atoms with Gasteiger partial charge in [-0.05, 0) is 49.1 Å². The van der Waals surface area contributed by atoms with Crippen LogP contribution in [0.15, 0.2) is 59.6 Å². The van der Waals surface area contributed by atoms with Crippen LogP contribution < -0.4 is 20.5 Å². The third-order valence-corrected chi connectivity index (χ3v) is 5.24. The van der Waals surface area contributed by atoms with Crippen LogP contribution in [0, 0.1) is 0 Å². The molecule has 0 spiro atoms. The van der Waals surface area contributed by atoms with Gasteiger partial charge in [0.05, 0.1) is 19.8 Å². The topological polar surface area (TPSA) is 81.3 Å². The van der Waals surface area contributed by atoms with Crippen molar-refractivity contribution in [3.8, 4) is 11.5 Å². The summed E-state index contributed by atoms with van der Waals surface area (Å²) in [5.74, 6) is 2.22. The summed E-state index contributed by atoms with van der Waals surface area (Å²) in [5, 5.41) is 3.18. The maximum Gasteiger partial charge on any atom is 0.188 e. The predicted molar refractivity (Wildman–Crippen MR) is 128 cm³/mol. The van der Waals surface area contributed by atoms with Gasteiger partial charge in [0.15, 0.2) is 5.96 Å². The molecule has 2 aromatic rings. The Labute approximate surface area is 191 Å². The van der Waals surface area contributed by atoms with Crippen molar-refractivity contribution >= 4 is 5.96 Å². The number of ether oxygens (including phenoxy) is 3. The number of nitrogens with two attached hydrogens (primary N) is 1. The van der Waals surface area contributed by atoms with Gasteiger partial charge >= 0.3 is 0 Å². The van der Waals surface area contributed by atoms with E-state index in [1.807, 2.05) is 42.5 Å². The molecule has 32 heavy (non-hydrogen) atoms. The summed E-state index contributed by atoms with van der Waals surface area (Å²) < 4.78 is 17.0. The Morgan fingerprint density at radius 2 is 1.66 bits per heavy atom. The molecule has 0 atom stereocenters. The number of morpholine rings is 1. The molecule has 2 aromatic carbocycles. The van der Waals surface area contributed by atoms with E-state index in [-0.39, 0.29) is 0 Å². The largest absolute Gasteiger partial charge is 0.494 e. The monoisotopic (exact) mass is 440 g/mol. The Morgan fingerprint density at radius 1 is 0.938 bits per heavy atom. The average molecular weight is 441 g/mol. The summed E-state index contributed by atoms with van der Waals surface area (Å²) in [4.78, 5) is 6.81. The molecule has 3 rings (SSSR count). The number of benzene rings is 2. The zero-order chi connectivity index (χ0) is 22.3. The molecule has 3 N–H and O–H groups in total. The summed E-state index contributed by atoms with van der Waals surface area (Å²) in [5.41, 5.74) is 7.09. The summed E-state index contributed by atoms with van der Waals surface area (Å²) in [6, 6.07) is 17.9. The first-order valence-corrected chi connectivity index (χ1v) is 11.5. The van der Waals surface area contributed by atoms with Crippen molar-refractivity contribution in [2.75, 3.05) is 52.5 Å². The quantitative estimate of drug-likeness (QED) is 0.283. The number of rotatable bonds is 13. The van der Waals surface area contributed by atoms with Crippen LogP contribution >= 0.6 is 0 Å². The van der Waals surface area contributed by atoms with Crippen LogP contribution in [-0.2, 0) is 11.3 Å². The van der Waals surface area contributed by atoms with E-state index in [0.717, 1.165) is 82.3 Å². The van der Waals surface area contributed by atoms with Gasteiger partial charge in [0.1, 0.15) is 18.1 Å². The molecule has 1 fully saturated rings. The van der Waals surface area contributed by atoms with E-state index in [4.69, 9.17) is 19.9 Å². The minimum Gasteiger partial charge on any atom is -0.494 e. The average Bonchev–Trinajstić information content (AvgIpc) is 2.85. The third kappa shape index (κ3) is 9.58. The lowest BCUT2D eigenvalue weighted by molar-refractivity contribution is 0.0377. The normalized spacial score (nSPS) is 14.8. The molecule has 7 nitrogen and oxygen atoms in total. The third-order valence-electron chi connectivity index (χ3n) is 5.24. The molecule has 0 bridgehead atoms. The lowest BCUT2D eigenvalue weighted by atomic mass is 10.2. The highest BCUT2D eigenvalue weighted by Crippen LogP contribution is 2.19. The van der Waals surface area contributed by atoms with E-state index < -0.39 is 0 Å². The Morgan fingerprint density at radius 3 is 2.41 bits per heavy atom. The van der Waals surface area contributed by atoms with Crippen LogP contribution in [0.5, 0.6) is 11.5 Å². The standard InChI is InChI=1S/C25H36N4O3/c26-25(28-14-6-15-29-16-19-30-20-17-29)27-13-4-5-18-31-23-9-11-24(12-10-23)32-21-22-7-2-1-3-8-22/h1-3,7-12H,4-6,13-21H2,(H3,26,27,28). The van der Waals surface area contributed by atoms with Crippen LogP contribution in [0.25, 0.3) is 0 Å². The van der Waals surface area contributed by atoms with E-state index in [0.29, 0.717) is 19.2 Å². The maximum absolute atomic E-state index is 5.94. The molecule has 1 heterocycles. The second-order valence-electron chi connectivity index (χ2n) is 7.80. The van der Waals surface area contributed by atoms with E-state index in [1.54, 1.807) is 0 Å². The zero-order valence-electron chi connectivity index (χ0n) is 18.9. The summed E-state index contributed by atoms with van der Waals surface area (Å²) >= 11 is 0. The summed E-state index contributed by atoms with van der Waals surface area (Å²) in [6.07, 6.45) is 2.94. The minimum atomic E-state index is 0.527. The zero-order valence-corrected chi connectivity index (χ0v) is 18.9. The maximum atomic E-state index is 5.94. The molecule has 1 aliphatic rings. The van der Waals surface area contributed by atoms with Crippen molar-refractivity contribution in [1.82, 2.24) is 10.2 Å². The van der Waals surface area contributed by atoms with E-state index in [1.165, 1.54) is 0 Å². The fraction of sp³-hybridized carbons (Fsp3) is 0.480. The number of guanidine groups is 1. The highest BCUT2D eigenvalue weighted by atomic mass is 16.5. The molecule has 174 valence electrons. The van der Waals surface area contributed by atoms with Crippen molar-refractivity contribution in [2.24, 2.45) is 10.7 Å². The molecule has 0 aliphatic carbocycles. The van der Waals surface area contributed by atoms with Crippen LogP contribution in [0.3, 0.4) is 0 Å². The first-order valence-electron chi connectivity index (χ1n) is 11.5. The van der Waals surface area contributed by atoms with Crippen molar-refractivity contribution in [2.45, 2.75) is 25.9 Å². The number of unbranched alkanes of at least 4 members (excludes halogenated alkanes) is 1. The summed E-state index contributed by atoms with van der Waals surface area (Å²) in [7, 11) is 0. The van der Waals surface area contributed by atoms with Crippen LogP contribution in [-0.4, -0.2) is 63.4 Å². The second kappa shape index (κ2) is 14.3. The Bertz CT molecular complexity index is 778. The van der Waals surface area contributed by atoms with Gasteiger partial charge < -0.3 is 25.3 Å². The van der Waals surface area contributed by atoms with Gasteiger partial charge in [0.25, 0.3) is 0 Å². The second-order valence-corrected chi connectivity index (χ2v) is 7.80. The molecule has 0 amide bonds. The molecule has 1 saturated heterocycles. The molecule has 0 aromatic heterocycles. The van der Waals surface area contributed by atoms with E-state index in [2.05, 4.69) is 27.3 Å². The Balaban J connectivity index is 1.19. The number of nitrogens with zero attached hydrogens (tertiary/aromatic N) is 2. The van der Waals surface area contributed by atoms with Crippen molar-refractivity contribution in [3.63, 3.8) is 0 Å². The van der Waals surface area contributed by atoms with Gasteiger partial charge in [-0.2, -0.15) is 0 Å². The molecule has 0 unspecified atom stereocenters. The SMILES string of the molecule is NC(=NCCCN1CCOCC1)NCCCCOc1ccc(OCc2ccccc2)cc1. The first kappa shape index (κ1) is 23.9. The Hall–Kier alpha value is -2.77. The van der Waals surface area contributed by atoms with E-state index in [9.17, 15) is 0 Å². The van der Waals surface area contributed by atoms with Crippen molar-refractivity contribution in [1.29, 1.82) is 0 Å². The predicted octanol–water partition coefficient (Wildman–Crippen LogP) is 3.05. The lowest BCUT2D eigenvalue weighted by Crippen LogP contribution is -2.37. The fourth-order valence-corrected chi connectivity index (χ4v) is 3.38. The fourth-order valence-electron chi connectivity index (χ4n) is 3.38. The van der Waals surface area contributed by atoms with Gasteiger partial charge in [-0.3, -0.25) is 9.89 Å². The first-order chi connectivity index (χ1) is 15.8. The number of nitrogens with one attached hydrogen (secondary N) is 1. The summed E-state index contributed by atoms with van der Waals surface area (Å²) in [6.45, 7) is 7.56. The number of hydrogen-bond donors (Lipinski definition) is 2. The van der Waals surface area contributed by atoms with Gasteiger partial charge in [-0.25, -0.2) is 0 Å². The van der Waals surface area contributed by atoms with Gasteiger partial charge in [-0.1, -0.05) is 30.3 Å². The highest BCUT2D eigenvalue weighted by Gasteiger charge is 2.08. The van der Waals surface area contributed by atoms with Crippen LogP contribution in [0.2, 0.25) is 0 Å². The minimum absolute atomic E-state index is 0.527. The number of aliphatic imine (C=N–C) groups is 1. The van der Waals surface area contributed by atoms with Gasteiger partial charge in [0, 0.05) is 32.7 Å². The van der Waals surface area contributed by atoms with Crippen molar-refractivity contribution in [3.05, 3.63) is 60.2 Å². The van der Waals surface area contributed by atoms with E-state index >= 15 is 0 Å². The van der Waals surface area contributed by atoms with Crippen LogP contribution in [0.4, 0.5) is 0 Å². The molecule has 0 radical (unpaired) electrons. The smallest absolute Gasteiger partial charge is 0.188 e. The van der Waals surface area contributed by atoms with Crippen molar-refractivity contribution < 1.29 is 14.2 Å². The number of hydrogen-bond acceptors (Lipinski definition) is 5. The molecule has 7 heteroatoms. The van der Waals surface area contributed by atoms with Gasteiger partial charge in [0.2, 0.25) is 0 Å². The molecule has 1 aliphatic heterocycles. The van der Waals surface area contributed by atoms with Crippen LogP contribution in [0.1, 0.15) is 24.8 Å². The highest BCUT2D eigenvalue weighted by molar-refractivity contribution is 5.77. The molecule has 0 saturated carbocycles. The molecular formula is C25H36N4O3. The Kier molecular flexibility index (Phi) is 10.7. The lowest BCUT2D eigenvalue weighted by Gasteiger charge is -2.26. The van der Waals surface area contributed by atoms with Gasteiger partial charge in [-0.15, -0.1) is 0 Å².